The summed E-state index contributed by atoms with van der Waals surface area (Å²) in [5.74, 6) is -1.37. The molecule has 116 valence electrons. The van der Waals surface area contributed by atoms with E-state index >= 15 is 0 Å². The molecule has 1 fully saturated rings. The Bertz CT molecular complexity index is 715. The highest BCUT2D eigenvalue weighted by atomic mass is 35.5. The monoisotopic (exact) mass is 326 g/mol. The maximum absolute atomic E-state index is 13.5. The molecule has 22 heavy (non-hydrogen) atoms. The number of halogens is 3. The van der Waals surface area contributed by atoms with E-state index in [9.17, 15) is 13.9 Å². The van der Waals surface area contributed by atoms with Crippen LogP contribution in [-0.4, -0.2) is 27.7 Å². The van der Waals surface area contributed by atoms with Gasteiger partial charge in [-0.05, 0) is 24.1 Å². The van der Waals surface area contributed by atoms with Crippen LogP contribution >= 0.6 is 11.6 Å². The number of nitrogen functional groups attached to an aromatic ring is 1. The Morgan fingerprint density at radius 3 is 2.77 bits per heavy atom. The van der Waals surface area contributed by atoms with Crippen LogP contribution in [0.5, 0.6) is 0 Å². The fraction of sp³-hybridized carbons (Fsp3) is 0.286. The number of aromatic nitrogens is 2. The largest absolute Gasteiger partial charge is 0.391 e. The minimum absolute atomic E-state index is 0.122. The fourth-order valence-electron chi connectivity index (χ4n) is 2.66. The highest BCUT2D eigenvalue weighted by Crippen LogP contribution is 2.39. The third kappa shape index (κ3) is 2.57. The highest BCUT2D eigenvalue weighted by molar-refractivity contribution is 6.35. The van der Waals surface area contributed by atoms with Gasteiger partial charge >= 0.3 is 0 Å². The standard InChI is InChI=1S/C14H13ClF2N4O/c15-12-13(18)19-6-20-14(12)21-5-8(22)4-11(21)7-1-2-9(16)10(17)3-7/h1-3,6,8,11,22H,4-5H2,(H2,18,19,20). The lowest BCUT2D eigenvalue weighted by atomic mass is 10.0. The predicted octanol–water partition coefficient (Wildman–Crippen LogP) is 2.30. The Kier molecular flexibility index (Phi) is 3.84. The van der Waals surface area contributed by atoms with Crippen molar-refractivity contribution in [2.75, 3.05) is 17.2 Å². The second kappa shape index (κ2) is 5.66. The van der Waals surface area contributed by atoms with Gasteiger partial charge in [0.15, 0.2) is 17.5 Å². The number of β-amino-alcohol motifs (C(OH)–C–C–N with tert-alkyl or cyclic N) is 1. The van der Waals surface area contributed by atoms with Gasteiger partial charge in [-0.1, -0.05) is 17.7 Å². The van der Waals surface area contributed by atoms with Crippen molar-refractivity contribution in [1.29, 1.82) is 0 Å². The molecule has 1 aromatic carbocycles. The zero-order chi connectivity index (χ0) is 15.9. The average Bonchev–Trinajstić information content (AvgIpc) is 2.86. The molecule has 0 bridgehead atoms. The third-order valence-electron chi connectivity index (χ3n) is 3.68. The zero-order valence-corrected chi connectivity index (χ0v) is 12.1. The number of aliphatic hydroxyl groups is 1. The topological polar surface area (TPSA) is 75.3 Å². The van der Waals surface area contributed by atoms with Gasteiger partial charge in [0.1, 0.15) is 17.2 Å². The van der Waals surface area contributed by atoms with E-state index in [0.717, 1.165) is 12.1 Å². The van der Waals surface area contributed by atoms with Crippen LogP contribution < -0.4 is 10.6 Å². The molecule has 0 radical (unpaired) electrons. The van der Waals surface area contributed by atoms with Crippen molar-refractivity contribution in [3.8, 4) is 0 Å². The lowest BCUT2D eigenvalue weighted by Gasteiger charge is -2.26. The predicted molar refractivity (Wildman–Crippen MR) is 78.5 cm³/mol. The van der Waals surface area contributed by atoms with Crippen LogP contribution in [0.3, 0.4) is 0 Å². The number of anilines is 2. The number of rotatable bonds is 2. The van der Waals surface area contributed by atoms with Crippen molar-refractivity contribution in [2.24, 2.45) is 0 Å². The molecule has 3 N–H and O–H groups in total. The number of aliphatic hydroxyl groups excluding tert-OH is 1. The lowest BCUT2D eigenvalue weighted by molar-refractivity contribution is 0.194. The van der Waals surface area contributed by atoms with E-state index in [-0.39, 0.29) is 23.4 Å². The smallest absolute Gasteiger partial charge is 0.159 e. The van der Waals surface area contributed by atoms with Gasteiger partial charge in [-0.2, -0.15) is 0 Å². The summed E-state index contributed by atoms with van der Waals surface area (Å²) in [5.41, 5.74) is 6.20. The van der Waals surface area contributed by atoms with Crippen LogP contribution in [0.1, 0.15) is 18.0 Å². The van der Waals surface area contributed by atoms with Crippen LogP contribution in [0.25, 0.3) is 0 Å². The Labute approximate surface area is 130 Å². The van der Waals surface area contributed by atoms with E-state index in [1.807, 2.05) is 0 Å². The summed E-state index contributed by atoms with van der Waals surface area (Å²) in [6, 6.07) is 3.27. The number of benzene rings is 1. The first-order valence-corrected chi connectivity index (χ1v) is 7.00. The molecule has 2 unspecified atom stereocenters. The molecule has 1 saturated heterocycles. The summed E-state index contributed by atoms with van der Waals surface area (Å²) >= 11 is 6.12. The number of hydrogen-bond acceptors (Lipinski definition) is 5. The zero-order valence-electron chi connectivity index (χ0n) is 11.4. The van der Waals surface area contributed by atoms with Gasteiger partial charge in [-0.15, -0.1) is 0 Å². The molecule has 5 nitrogen and oxygen atoms in total. The van der Waals surface area contributed by atoms with Crippen molar-refractivity contribution >= 4 is 23.2 Å². The van der Waals surface area contributed by atoms with Crippen LogP contribution in [0.15, 0.2) is 24.5 Å². The maximum atomic E-state index is 13.5. The van der Waals surface area contributed by atoms with Gasteiger partial charge in [0.05, 0.1) is 12.1 Å². The normalized spacial score (nSPS) is 21.4. The molecule has 0 aliphatic carbocycles. The molecular weight excluding hydrogens is 314 g/mol. The minimum atomic E-state index is -0.938. The van der Waals surface area contributed by atoms with Gasteiger partial charge in [0.25, 0.3) is 0 Å². The van der Waals surface area contributed by atoms with E-state index < -0.39 is 17.7 Å². The van der Waals surface area contributed by atoms with E-state index in [0.29, 0.717) is 17.8 Å². The molecule has 1 aromatic heterocycles. The lowest BCUT2D eigenvalue weighted by Crippen LogP contribution is -2.26. The van der Waals surface area contributed by atoms with Crippen molar-refractivity contribution in [2.45, 2.75) is 18.6 Å². The summed E-state index contributed by atoms with van der Waals surface area (Å²) < 4.78 is 26.6. The van der Waals surface area contributed by atoms with Crippen LogP contribution in [0.2, 0.25) is 5.02 Å². The van der Waals surface area contributed by atoms with Crippen molar-refractivity contribution in [1.82, 2.24) is 9.97 Å². The van der Waals surface area contributed by atoms with Crippen LogP contribution in [0.4, 0.5) is 20.4 Å². The number of nitrogens with zero attached hydrogens (tertiary/aromatic N) is 3. The highest BCUT2D eigenvalue weighted by Gasteiger charge is 2.34. The average molecular weight is 327 g/mol. The molecule has 3 rings (SSSR count). The maximum Gasteiger partial charge on any atom is 0.159 e. The molecule has 2 aromatic rings. The minimum Gasteiger partial charge on any atom is -0.391 e. The molecule has 8 heteroatoms. The van der Waals surface area contributed by atoms with E-state index in [4.69, 9.17) is 17.3 Å². The summed E-state index contributed by atoms with van der Waals surface area (Å²) in [6.45, 7) is 0.264. The first-order valence-electron chi connectivity index (χ1n) is 6.63. The second-order valence-electron chi connectivity index (χ2n) is 5.13. The van der Waals surface area contributed by atoms with E-state index in [1.54, 1.807) is 4.90 Å². The van der Waals surface area contributed by atoms with Crippen molar-refractivity contribution in [3.63, 3.8) is 0 Å². The Balaban J connectivity index is 2.02. The molecule has 1 aliphatic heterocycles. The van der Waals surface area contributed by atoms with Gasteiger partial charge in [-0.25, -0.2) is 18.7 Å². The molecule has 0 spiro atoms. The van der Waals surface area contributed by atoms with Crippen molar-refractivity contribution < 1.29 is 13.9 Å². The molecule has 0 amide bonds. The molecule has 1 aliphatic rings. The fourth-order valence-corrected chi connectivity index (χ4v) is 2.86. The summed E-state index contributed by atoms with van der Waals surface area (Å²) in [6.07, 6.45) is 0.986. The quantitative estimate of drug-likeness (QED) is 0.885. The van der Waals surface area contributed by atoms with E-state index in [1.165, 1.54) is 12.4 Å². The van der Waals surface area contributed by atoms with Gasteiger partial charge < -0.3 is 15.7 Å². The summed E-state index contributed by atoms with van der Waals surface area (Å²) in [4.78, 5) is 9.60. The SMILES string of the molecule is Nc1ncnc(N2CC(O)CC2c2ccc(F)c(F)c2)c1Cl. The molecule has 0 saturated carbocycles. The van der Waals surface area contributed by atoms with E-state index in [2.05, 4.69) is 9.97 Å². The Morgan fingerprint density at radius 1 is 1.27 bits per heavy atom. The number of nitrogens with two attached hydrogens (primary N) is 1. The van der Waals surface area contributed by atoms with Gasteiger partial charge in [-0.3, -0.25) is 0 Å². The molecular formula is C14H13ClF2N4O. The summed E-state index contributed by atoms with van der Waals surface area (Å²) in [5, 5.41) is 10.1. The van der Waals surface area contributed by atoms with Crippen LogP contribution in [0, 0.1) is 11.6 Å². The first-order chi connectivity index (χ1) is 10.5. The summed E-state index contributed by atoms with van der Waals surface area (Å²) in [7, 11) is 0. The first kappa shape index (κ1) is 14.9. The Morgan fingerprint density at radius 2 is 2.05 bits per heavy atom. The van der Waals surface area contributed by atoms with Crippen molar-refractivity contribution in [3.05, 3.63) is 46.7 Å². The van der Waals surface area contributed by atoms with Crippen LogP contribution in [-0.2, 0) is 0 Å². The molecule has 2 heterocycles. The van der Waals surface area contributed by atoms with Gasteiger partial charge in [0.2, 0.25) is 0 Å². The third-order valence-corrected chi connectivity index (χ3v) is 4.04. The second-order valence-corrected chi connectivity index (χ2v) is 5.51. The number of hydrogen-bond donors (Lipinski definition) is 2. The van der Waals surface area contributed by atoms with Gasteiger partial charge in [0, 0.05) is 6.54 Å². The Hall–Kier alpha value is -1.99. The molecule has 2 atom stereocenters.